The summed E-state index contributed by atoms with van der Waals surface area (Å²) >= 11 is 9.26. The van der Waals surface area contributed by atoms with E-state index in [0.29, 0.717) is 10.0 Å². The molecule has 1 fully saturated rings. The van der Waals surface area contributed by atoms with Gasteiger partial charge in [-0.05, 0) is 12.1 Å². The van der Waals surface area contributed by atoms with Gasteiger partial charge in [-0.15, -0.1) is 24.8 Å². The smallest absolute Gasteiger partial charge is 0.140 e. The quantitative estimate of drug-likeness (QED) is 0.800. The second-order valence-corrected chi connectivity index (χ2v) is 5.51. The van der Waals surface area contributed by atoms with Crippen LogP contribution in [-0.4, -0.2) is 42.9 Å². The van der Waals surface area contributed by atoms with E-state index in [2.05, 4.69) is 21.2 Å². The molecule has 0 unspecified atom stereocenters. The van der Waals surface area contributed by atoms with Crippen LogP contribution in [0.25, 0.3) is 0 Å². The Morgan fingerprint density at radius 1 is 1.35 bits per heavy atom. The number of nitrogens with zero attached hydrogens (tertiary/aromatic N) is 1. The van der Waals surface area contributed by atoms with Crippen LogP contribution in [0.15, 0.2) is 16.6 Å². The lowest BCUT2D eigenvalue weighted by Crippen LogP contribution is -2.45. The number of piperazine rings is 1. The van der Waals surface area contributed by atoms with E-state index in [9.17, 15) is 9.50 Å². The van der Waals surface area contributed by atoms with Gasteiger partial charge in [-0.2, -0.15) is 0 Å². The zero-order valence-electron chi connectivity index (χ0n) is 10.6. The number of benzene rings is 1. The fourth-order valence-corrected chi connectivity index (χ4v) is 2.97. The number of alkyl halides is 1. The fraction of sp³-hybridized carbons (Fsp3) is 0.500. The van der Waals surface area contributed by atoms with Crippen molar-refractivity contribution < 1.29 is 9.50 Å². The van der Waals surface area contributed by atoms with Crippen molar-refractivity contribution in [1.82, 2.24) is 10.2 Å². The third kappa shape index (κ3) is 4.36. The molecule has 0 bridgehead atoms. The van der Waals surface area contributed by atoms with Crippen LogP contribution in [0, 0.1) is 0 Å². The minimum Gasteiger partial charge on any atom is -0.506 e. The molecule has 1 aromatic carbocycles. The Morgan fingerprint density at radius 2 is 1.95 bits per heavy atom. The molecular formula is C12H17BrCl3FN2O. The first-order valence-electron chi connectivity index (χ1n) is 5.82. The Kier molecular flexibility index (Phi) is 9.38. The van der Waals surface area contributed by atoms with Crippen LogP contribution < -0.4 is 5.32 Å². The van der Waals surface area contributed by atoms with Crippen LogP contribution in [-0.2, 0) is 0 Å². The van der Waals surface area contributed by atoms with Crippen LogP contribution in [0.5, 0.6) is 5.75 Å². The normalized spacial score (nSPS) is 16.9. The second-order valence-electron chi connectivity index (χ2n) is 4.25. The third-order valence-corrected chi connectivity index (χ3v) is 4.18. The van der Waals surface area contributed by atoms with E-state index in [-0.39, 0.29) is 35.6 Å². The first-order chi connectivity index (χ1) is 8.65. The van der Waals surface area contributed by atoms with Crippen molar-refractivity contribution in [3.05, 3.63) is 27.2 Å². The molecule has 2 N–H and O–H groups in total. The molecular weight excluding hydrogens is 393 g/mol. The molecule has 1 aliphatic heterocycles. The van der Waals surface area contributed by atoms with Gasteiger partial charge in [0.15, 0.2) is 0 Å². The molecule has 1 aliphatic rings. The van der Waals surface area contributed by atoms with Crippen molar-refractivity contribution in [1.29, 1.82) is 0 Å². The molecule has 1 atom stereocenters. The van der Waals surface area contributed by atoms with Crippen molar-refractivity contribution in [2.24, 2.45) is 0 Å². The average Bonchev–Trinajstić information content (AvgIpc) is 2.40. The monoisotopic (exact) mass is 408 g/mol. The van der Waals surface area contributed by atoms with Crippen molar-refractivity contribution in [3.8, 4) is 5.75 Å². The number of halogens is 5. The first-order valence-corrected chi connectivity index (χ1v) is 7.00. The Bertz CT molecular complexity index is 433. The predicted octanol–water partition coefficient (Wildman–Crippen LogP) is 3.57. The molecule has 1 aromatic rings. The molecule has 1 heterocycles. The summed E-state index contributed by atoms with van der Waals surface area (Å²) in [5.74, 6) is -0.0350. The molecule has 2 rings (SSSR count). The van der Waals surface area contributed by atoms with E-state index in [0.717, 1.165) is 26.2 Å². The van der Waals surface area contributed by atoms with E-state index in [1.165, 1.54) is 0 Å². The molecule has 116 valence electrons. The van der Waals surface area contributed by atoms with Crippen LogP contribution in [0.4, 0.5) is 4.39 Å². The first kappa shape index (κ1) is 20.2. The van der Waals surface area contributed by atoms with E-state index in [4.69, 9.17) is 11.6 Å². The summed E-state index contributed by atoms with van der Waals surface area (Å²) < 4.78 is 14.1. The van der Waals surface area contributed by atoms with Crippen LogP contribution in [0.1, 0.15) is 11.6 Å². The lowest BCUT2D eigenvalue weighted by atomic mass is 10.0. The number of hydrogen-bond donors (Lipinski definition) is 2. The van der Waals surface area contributed by atoms with Gasteiger partial charge in [-0.1, -0.05) is 27.5 Å². The highest BCUT2D eigenvalue weighted by molar-refractivity contribution is 9.10. The van der Waals surface area contributed by atoms with E-state index in [1.54, 1.807) is 12.1 Å². The Hall–Kier alpha value is 0.220. The molecule has 0 aliphatic carbocycles. The molecule has 0 spiro atoms. The maximum absolute atomic E-state index is 13.4. The van der Waals surface area contributed by atoms with Gasteiger partial charge in [0.1, 0.15) is 12.4 Å². The third-order valence-electron chi connectivity index (χ3n) is 3.19. The molecule has 0 amide bonds. The maximum atomic E-state index is 13.4. The number of nitrogens with one attached hydrogen (secondary N) is 1. The van der Waals surface area contributed by atoms with Crippen LogP contribution in [0.2, 0.25) is 5.02 Å². The topological polar surface area (TPSA) is 35.5 Å². The summed E-state index contributed by atoms with van der Waals surface area (Å²) in [7, 11) is 0. The van der Waals surface area contributed by atoms with E-state index >= 15 is 0 Å². The van der Waals surface area contributed by atoms with Crippen LogP contribution in [0.3, 0.4) is 0 Å². The van der Waals surface area contributed by atoms with E-state index < -0.39 is 12.7 Å². The summed E-state index contributed by atoms with van der Waals surface area (Å²) in [6, 6.07) is 2.87. The SMILES string of the molecule is Cl.Cl.Oc1c(Cl)ccc(Br)c1[C@H](CF)N1CCNCC1. The number of rotatable bonds is 3. The average molecular weight is 411 g/mol. The highest BCUT2D eigenvalue weighted by Crippen LogP contribution is 2.39. The van der Waals surface area contributed by atoms with Gasteiger partial charge in [0.05, 0.1) is 11.1 Å². The Labute approximate surface area is 143 Å². The zero-order valence-corrected chi connectivity index (χ0v) is 14.6. The highest BCUT2D eigenvalue weighted by Gasteiger charge is 2.27. The highest BCUT2D eigenvalue weighted by atomic mass is 79.9. The van der Waals surface area contributed by atoms with Crippen molar-refractivity contribution in [3.63, 3.8) is 0 Å². The minimum absolute atomic E-state index is 0. The maximum Gasteiger partial charge on any atom is 0.140 e. The number of aromatic hydroxyl groups is 1. The zero-order chi connectivity index (χ0) is 13.1. The minimum atomic E-state index is -0.549. The summed E-state index contributed by atoms with van der Waals surface area (Å²) in [5.41, 5.74) is 0.534. The number of phenols is 1. The second kappa shape index (κ2) is 9.28. The lowest BCUT2D eigenvalue weighted by Gasteiger charge is -2.34. The van der Waals surface area contributed by atoms with Gasteiger partial charge >= 0.3 is 0 Å². The standard InChI is InChI=1S/C12H15BrClFN2O.2ClH/c13-8-1-2-9(14)12(18)11(8)10(7-15)17-5-3-16-4-6-17;;/h1-2,10,16,18H,3-7H2;2*1H/t10-;;/m0../s1. The Balaban J connectivity index is 0.00000180. The van der Waals surface area contributed by atoms with Crippen molar-refractivity contribution in [2.75, 3.05) is 32.9 Å². The Morgan fingerprint density at radius 3 is 2.50 bits per heavy atom. The molecule has 8 heteroatoms. The molecule has 0 saturated carbocycles. The van der Waals surface area contributed by atoms with Crippen molar-refractivity contribution >= 4 is 52.3 Å². The summed E-state index contributed by atoms with van der Waals surface area (Å²) in [5, 5.41) is 13.5. The summed E-state index contributed by atoms with van der Waals surface area (Å²) in [6.45, 7) is 2.62. The summed E-state index contributed by atoms with van der Waals surface area (Å²) in [6.07, 6.45) is 0. The van der Waals surface area contributed by atoms with Gasteiger partial charge in [0.2, 0.25) is 0 Å². The van der Waals surface area contributed by atoms with Crippen molar-refractivity contribution in [2.45, 2.75) is 6.04 Å². The molecule has 0 aromatic heterocycles. The summed E-state index contributed by atoms with van der Waals surface area (Å²) in [4.78, 5) is 2.02. The lowest BCUT2D eigenvalue weighted by molar-refractivity contribution is 0.144. The molecule has 1 saturated heterocycles. The van der Waals surface area contributed by atoms with Crippen LogP contribution >= 0.6 is 52.3 Å². The molecule has 0 radical (unpaired) electrons. The van der Waals surface area contributed by atoms with Gasteiger partial charge in [0.25, 0.3) is 0 Å². The molecule has 3 nitrogen and oxygen atoms in total. The van der Waals surface area contributed by atoms with Gasteiger partial charge in [0, 0.05) is 36.2 Å². The molecule has 20 heavy (non-hydrogen) atoms. The van der Waals surface area contributed by atoms with Gasteiger partial charge < -0.3 is 10.4 Å². The number of hydrogen-bond acceptors (Lipinski definition) is 3. The fourth-order valence-electron chi connectivity index (χ4n) is 2.22. The van der Waals surface area contributed by atoms with Gasteiger partial charge in [-0.25, -0.2) is 4.39 Å². The number of phenolic OH excluding ortho intramolecular Hbond substituents is 1. The van der Waals surface area contributed by atoms with E-state index in [1.807, 2.05) is 4.90 Å². The largest absolute Gasteiger partial charge is 0.506 e. The van der Waals surface area contributed by atoms with Gasteiger partial charge in [-0.3, -0.25) is 4.90 Å². The predicted molar refractivity (Wildman–Crippen MR) is 88.5 cm³/mol.